The summed E-state index contributed by atoms with van der Waals surface area (Å²) in [6.07, 6.45) is 2.14. The number of hydrogen-bond acceptors (Lipinski definition) is 3. The number of hydrogen-bond donors (Lipinski definition) is 2. The number of aliphatic hydroxyl groups excluding tert-OH is 1. The number of aliphatic hydroxyl groups is 1. The summed E-state index contributed by atoms with van der Waals surface area (Å²) in [4.78, 5) is 2.35. The molecular weight excluding hydrogens is 292 g/mol. The number of aryl methyl sites for hydroxylation is 1. The molecule has 0 aliphatic carbocycles. The van der Waals surface area contributed by atoms with Gasteiger partial charge in [0.2, 0.25) is 0 Å². The smallest absolute Gasteiger partial charge is 0.0630 e. The Bertz CT molecular complexity index is 418. The van der Waals surface area contributed by atoms with E-state index < -0.39 is 0 Å². The molecule has 0 amide bonds. The molecule has 0 aromatic heterocycles. The van der Waals surface area contributed by atoms with Crippen molar-refractivity contribution in [2.24, 2.45) is 0 Å². The normalized spacial score (nSPS) is 24.3. The second-order valence-corrected chi connectivity index (χ2v) is 6.00. The van der Waals surface area contributed by atoms with Gasteiger partial charge in [-0.1, -0.05) is 22.0 Å². The van der Waals surface area contributed by atoms with Crippen LogP contribution in [0.5, 0.6) is 0 Å². The lowest BCUT2D eigenvalue weighted by Crippen LogP contribution is -2.58. The summed E-state index contributed by atoms with van der Waals surface area (Å²) in [5.74, 6) is 0. The Kier molecular flexibility index (Phi) is 4.30. The Balaban J connectivity index is 2.20. The van der Waals surface area contributed by atoms with E-state index in [1.165, 1.54) is 11.3 Å². The number of halogens is 1. The van der Waals surface area contributed by atoms with Gasteiger partial charge in [0, 0.05) is 23.2 Å². The standard InChI is InChI=1S/C14H21BrN2O/c1-11-4-5-12(8-13(11)15)17-7-3-6-14(9-17,10-18)16-2/h4-5,8,16,18H,3,6-7,9-10H2,1-2H3. The van der Waals surface area contributed by atoms with E-state index in [9.17, 15) is 5.11 Å². The van der Waals surface area contributed by atoms with E-state index in [4.69, 9.17) is 0 Å². The lowest BCUT2D eigenvalue weighted by molar-refractivity contribution is 0.149. The van der Waals surface area contributed by atoms with Gasteiger partial charge in [-0.15, -0.1) is 0 Å². The van der Waals surface area contributed by atoms with Crippen LogP contribution in [0.1, 0.15) is 18.4 Å². The van der Waals surface area contributed by atoms with Crippen molar-refractivity contribution in [2.45, 2.75) is 25.3 Å². The van der Waals surface area contributed by atoms with E-state index in [2.05, 4.69) is 51.3 Å². The summed E-state index contributed by atoms with van der Waals surface area (Å²) in [6.45, 7) is 4.19. The molecule has 4 heteroatoms. The molecule has 2 rings (SSSR count). The molecule has 18 heavy (non-hydrogen) atoms. The molecule has 1 saturated heterocycles. The zero-order chi connectivity index (χ0) is 13.2. The SMILES string of the molecule is CNC1(CO)CCCN(c2ccc(C)c(Br)c2)C1. The van der Waals surface area contributed by atoms with Crippen LogP contribution in [0, 0.1) is 6.92 Å². The molecule has 0 radical (unpaired) electrons. The number of nitrogens with zero attached hydrogens (tertiary/aromatic N) is 1. The first kappa shape index (κ1) is 13.8. The molecule has 1 aromatic rings. The third-order valence-electron chi connectivity index (χ3n) is 3.93. The first-order chi connectivity index (χ1) is 8.60. The van der Waals surface area contributed by atoms with Crippen LogP contribution in [-0.2, 0) is 0 Å². The van der Waals surface area contributed by atoms with Crippen molar-refractivity contribution in [3.8, 4) is 0 Å². The van der Waals surface area contributed by atoms with Gasteiger partial charge in [-0.05, 0) is 44.5 Å². The fourth-order valence-corrected chi connectivity index (χ4v) is 2.91. The van der Waals surface area contributed by atoms with Crippen LogP contribution in [0.15, 0.2) is 22.7 Å². The summed E-state index contributed by atoms with van der Waals surface area (Å²) in [6, 6.07) is 6.45. The van der Waals surface area contributed by atoms with E-state index >= 15 is 0 Å². The predicted molar refractivity (Wildman–Crippen MR) is 79.2 cm³/mol. The van der Waals surface area contributed by atoms with Crippen LogP contribution < -0.4 is 10.2 Å². The molecule has 3 nitrogen and oxygen atoms in total. The largest absolute Gasteiger partial charge is 0.394 e. The summed E-state index contributed by atoms with van der Waals surface area (Å²) in [7, 11) is 1.94. The van der Waals surface area contributed by atoms with Crippen molar-refractivity contribution in [2.75, 3.05) is 31.6 Å². The topological polar surface area (TPSA) is 35.5 Å². The van der Waals surface area contributed by atoms with Crippen molar-refractivity contribution in [1.29, 1.82) is 0 Å². The lowest BCUT2D eigenvalue weighted by atomic mass is 9.89. The molecule has 0 spiro atoms. The maximum Gasteiger partial charge on any atom is 0.0630 e. The zero-order valence-corrected chi connectivity index (χ0v) is 12.6. The molecule has 1 unspecified atom stereocenters. The molecule has 1 aromatic carbocycles. The Hall–Kier alpha value is -0.580. The van der Waals surface area contributed by atoms with Gasteiger partial charge in [0.25, 0.3) is 0 Å². The number of nitrogens with one attached hydrogen (secondary N) is 1. The van der Waals surface area contributed by atoms with Gasteiger partial charge in [-0.25, -0.2) is 0 Å². The first-order valence-electron chi connectivity index (χ1n) is 6.41. The van der Waals surface area contributed by atoms with E-state index in [-0.39, 0.29) is 12.1 Å². The highest BCUT2D eigenvalue weighted by atomic mass is 79.9. The van der Waals surface area contributed by atoms with Crippen LogP contribution in [0.4, 0.5) is 5.69 Å². The van der Waals surface area contributed by atoms with Crippen LogP contribution in [0.3, 0.4) is 0 Å². The third kappa shape index (κ3) is 2.71. The summed E-state index contributed by atoms with van der Waals surface area (Å²) in [5, 5.41) is 12.9. The third-order valence-corrected chi connectivity index (χ3v) is 4.78. The highest BCUT2D eigenvalue weighted by Crippen LogP contribution is 2.28. The predicted octanol–water partition coefficient (Wildman–Crippen LogP) is 2.31. The van der Waals surface area contributed by atoms with Crippen molar-refractivity contribution in [1.82, 2.24) is 5.32 Å². The summed E-state index contributed by atoms with van der Waals surface area (Å²) < 4.78 is 1.14. The van der Waals surface area contributed by atoms with Gasteiger partial charge in [0.05, 0.1) is 12.1 Å². The highest BCUT2D eigenvalue weighted by molar-refractivity contribution is 9.10. The fourth-order valence-electron chi connectivity index (χ4n) is 2.54. The first-order valence-corrected chi connectivity index (χ1v) is 7.20. The van der Waals surface area contributed by atoms with Crippen molar-refractivity contribution in [3.63, 3.8) is 0 Å². The lowest BCUT2D eigenvalue weighted by Gasteiger charge is -2.42. The minimum absolute atomic E-state index is 0.157. The molecule has 1 heterocycles. The van der Waals surface area contributed by atoms with Gasteiger partial charge in [-0.3, -0.25) is 0 Å². The van der Waals surface area contributed by atoms with Crippen molar-refractivity contribution >= 4 is 21.6 Å². The molecule has 1 aliphatic rings. The molecular formula is C14H21BrN2O. The number of anilines is 1. The maximum atomic E-state index is 9.61. The maximum absolute atomic E-state index is 9.61. The van der Waals surface area contributed by atoms with Gasteiger partial charge < -0.3 is 15.3 Å². The minimum atomic E-state index is -0.157. The quantitative estimate of drug-likeness (QED) is 0.899. The highest BCUT2D eigenvalue weighted by Gasteiger charge is 2.33. The Morgan fingerprint density at radius 3 is 2.89 bits per heavy atom. The van der Waals surface area contributed by atoms with E-state index in [1.54, 1.807) is 0 Å². The number of rotatable bonds is 3. The molecule has 1 fully saturated rings. The molecule has 0 bridgehead atoms. The van der Waals surface area contributed by atoms with E-state index in [0.29, 0.717) is 0 Å². The van der Waals surface area contributed by atoms with Crippen LogP contribution in [0.25, 0.3) is 0 Å². The summed E-state index contributed by atoms with van der Waals surface area (Å²) >= 11 is 3.58. The fraction of sp³-hybridized carbons (Fsp3) is 0.571. The van der Waals surface area contributed by atoms with Crippen molar-refractivity contribution in [3.05, 3.63) is 28.2 Å². The number of benzene rings is 1. The van der Waals surface area contributed by atoms with Gasteiger partial charge >= 0.3 is 0 Å². The average molecular weight is 313 g/mol. The van der Waals surface area contributed by atoms with E-state index in [0.717, 1.165) is 30.4 Å². The van der Waals surface area contributed by atoms with Crippen molar-refractivity contribution < 1.29 is 5.11 Å². The van der Waals surface area contributed by atoms with Gasteiger partial charge in [0.15, 0.2) is 0 Å². The molecule has 2 N–H and O–H groups in total. The summed E-state index contributed by atoms with van der Waals surface area (Å²) in [5.41, 5.74) is 2.31. The Labute approximate surface area is 117 Å². The zero-order valence-electron chi connectivity index (χ0n) is 11.0. The van der Waals surface area contributed by atoms with Gasteiger partial charge in [-0.2, -0.15) is 0 Å². The Morgan fingerprint density at radius 2 is 2.28 bits per heavy atom. The molecule has 1 aliphatic heterocycles. The van der Waals surface area contributed by atoms with E-state index in [1.807, 2.05) is 7.05 Å². The van der Waals surface area contributed by atoms with Crippen LogP contribution in [0.2, 0.25) is 0 Å². The Morgan fingerprint density at radius 1 is 1.50 bits per heavy atom. The minimum Gasteiger partial charge on any atom is -0.394 e. The molecule has 1 atom stereocenters. The average Bonchev–Trinajstić information content (AvgIpc) is 2.42. The van der Waals surface area contributed by atoms with Crippen LogP contribution >= 0.6 is 15.9 Å². The monoisotopic (exact) mass is 312 g/mol. The van der Waals surface area contributed by atoms with Gasteiger partial charge in [0.1, 0.15) is 0 Å². The molecule has 0 saturated carbocycles. The number of piperidine rings is 1. The second kappa shape index (κ2) is 5.59. The number of likely N-dealkylation sites (N-methyl/N-ethyl adjacent to an activating group) is 1. The molecule has 100 valence electrons. The second-order valence-electron chi connectivity index (χ2n) is 5.15. The van der Waals surface area contributed by atoms with Crippen LogP contribution in [-0.4, -0.2) is 37.4 Å².